The van der Waals surface area contributed by atoms with Crippen LogP contribution in [0.4, 0.5) is 5.69 Å². The van der Waals surface area contributed by atoms with Crippen LogP contribution in [-0.2, 0) is 4.74 Å². The molecule has 1 fully saturated rings. The second-order valence-electron chi connectivity index (χ2n) is 4.51. The molecule has 0 bridgehead atoms. The third kappa shape index (κ3) is 3.37. The van der Waals surface area contributed by atoms with Crippen molar-refractivity contribution in [3.8, 4) is 0 Å². The highest BCUT2D eigenvalue weighted by atomic mass is 35.5. The number of hydrogen-bond acceptors (Lipinski definition) is 3. The van der Waals surface area contributed by atoms with Gasteiger partial charge >= 0.3 is 0 Å². The van der Waals surface area contributed by atoms with Crippen LogP contribution < -0.4 is 11.1 Å². The van der Waals surface area contributed by atoms with Gasteiger partial charge in [0.15, 0.2) is 0 Å². The highest BCUT2D eigenvalue weighted by Gasteiger charge is 2.16. The molecule has 1 saturated heterocycles. The van der Waals surface area contributed by atoms with E-state index in [0.717, 1.165) is 26.1 Å². The van der Waals surface area contributed by atoms with Gasteiger partial charge in [-0.3, -0.25) is 4.79 Å². The standard InChI is InChI=1S/C13H17ClN2O2/c14-12-2-1-10(15)7-11(12)13(17)16-8-9-3-5-18-6-4-9/h1-2,7,9H,3-6,8,15H2,(H,16,17). The van der Waals surface area contributed by atoms with Crippen molar-refractivity contribution in [3.05, 3.63) is 28.8 Å². The fourth-order valence-electron chi connectivity index (χ4n) is 2.00. The fourth-order valence-corrected chi connectivity index (χ4v) is 2.20. The van der Waals surface area contributed by atoms with E-state index in [1.54, 1.807) is 18.2 Å². The molecular weight excluding hydrogens is 252 g/mol. The monoisotopic (exact) mass is 268 g/mol. The van der Waals surface area contributed by atoms with Gasteiger partial charge in [0.2, 0.25) is 0 Å². The zero-order valence-corrected chi connectivity index (χ0v) is 10.9. The molecule has 98 valence electrons. The number of nitrogens with one attached hydrogen (secondary N) is 1. The number of carbonyl (C=O) groups excluding carboxylic acids is 1. The summed E-state index contributed by atoms with van der Waals surface area (Å²) in [5.41, 5.74) is 6.62. The Morgan fingerprint density at radius 3 is 2.89 bits per heavy atom. The fraction of sp³-hybridized carbons (Fsp3) is 0.462. The maximum Gasteiger partial charge on any atom is 0.252 e. The summed E-state index contributed by atoms with van der Waals surface area (Å²) in [5, 5.41) is 3.33. The molecule has 2 rings (SSSR count). The molecule has 0 aromatic heterocycles. The molecule has 0 unspecified atom stereocenters. The number of hydrogen-bond donors (Lipinski definition) is 2. The molecule has 0 radical (unpaired) electrons. The minimum atomic E-state index is -0.168. The van der Waals surface area contributed by atoms with E-state index in [1.807, 2.05) is 0 Å². The number of carbonyl (C=O) groups is 1. The zero-order valence-electron chi connectivity index (χ0n) is 10.1. The lowest BCUT2D eigenvalue weighted by Crippen LogP contribution is -2.32. The Morgan fingerprint density at radius 2 is 2.17 bits per heavy atom. The molecule has 1 heterocycles. The Bertz CT molecular complexity index is 431. The molecule has 0 aliphatic carbocycles. The first-order chi connectivity index (χ1) is 8.66. The van der Waals surface area contributed by atoms with Crippen molar-refractivity contribution >= 4 is 23.2 Å². The summed E-state index contributed by atoms with van der Waals surface area (Å²) < 4.78 is 5.28. The summed E-state index contributed by atoms with van der Waals surface area (Å²) in [6, 6.07) is 4.92. The number of amides is 1. The second kappa shape index (κ2) is 6.07. The van der Waals surface area contributed by atoms with Crippen molar-refractivity contribution in [1.29, 1.82) is 0 Å². The van der Waals surface area contributed by atoms with E-state index in [-0.39, 0.29) is 5.91 Å². The van der Waals surface area contributed by atoms with Gasteiger partial charge in [0.25, 0.3) is 5.91 Å². The first kappa shape index (κ1) is 13.2. The Hall–Kier alpha value is -1.26. The van der Waals surface area contributed by atoms with E-state index in [1.165, 1.54) is 0 Å². The van der Waals surface area contributed by atoms with Gasteiger partial charge < -0.3 is 15.8 Å². The van der Waals surface area contributed by atoms with Crippen LogP contribution in [0, 0.1) is 5.92 Å². The van der Waals surface area contributed by atoms with E-state index < -0.39 is 0 Å². The minimum Gasteiger partial charge on any atom is -0.399 e. The average molecular weight is 269 g/mol. The lowest BCUT2D eigenvalue weighted by molar-refractivity contribution is 0.0643. The van der Waals surface area contributed by atoms with Gasteiger partial charge in [-0.2, -0.15) is 0 Å². The molecule has 0 saturated carbocycles. The first-order valence-electron chi connectivity index (χ1n) is 6.08. The zero-order chi connectivity index (χ0) is 13.0. The molecule has 1 aromatic carbocycles. The third-order valence-corrected chi connectivity index (χ3v) is 3.46. The highest BCUT2D eigenvalue weighted by molar-refractivity contribution is 6.34. The lowest BCUT2D eigenvalue weighted by atomic mass is 10.0. The van der Waals surface area contributed by atoms with Crippen LogP contribution in [0.2, 0.25) is 5.02 Å². The van der Waals surface area contributed by atoms with Crippen molar-refractivity contribution in [2.24, 2.45) is 5.92 Å². The first-order valence-corrected chi connectivity index (χ1v) is 6.45. The molecule has 0 spiro atoms. The van der Waals surface area contributed by atoms with E-state index in [2.05, 4.69) is 5.32 Å². The Labute approximate surface area is 111 Å². The van der Waals surface area contributed by atoms with Crippen LogP contribution in [0.15, 0.2) is 18.2 Å². The number of nitrogen functional groups attached to an aromatic ring is 1. The third-order valence-electron chi connectivity index (χ3n) is 3.13. The Morgan fingerprint density at radius 1 is 1.44 bits per heavy atom. The van der Waals surface area contributed by atoms with Crippen LogP contribution in [-0.4, -0.2) is 25.7 Å². The number of benzene rings is 1. The summed E-state index contributed by atoms with van der Waals surface area (Å²) in [6.45, 7) is 2.21. The summed E-state index contributed by atoms with van der Waals surface area (Å²) in [6.07, 6.45) is 1.98. The molecule has 5 heteroatoms. The quantitative estimate of drug-likeness (QED) is 0.825. The molecule has 4 nitrogen and oxygen atoms in total. The van der Waals surface area contributed by atoms with Crippen LogP contribution in [0.5, 0.6) is 0 Å². The van der Waals surface area contributed by atoms with Crippen LogP contribution >= 0.6 is 11.6 Å². The van der Waals surface area contributed by atoms with E-state index >= 15 is 0 Å². The normalized spacial score (nSPS) is 16.5. The second-order valence-corrected chi connectivity index (χ2v) is 4.91. The van der Waals surface area contributed by atoms with E-state index in [4.69, 9.17) is 22.1 Å². The maximum atomic E-state index is 12.0. The lowest BCUT2D eigenvalue weighted by Gasteiger charge is -2.22. The summed E-state index contributed by atoms with van der Waals surface area (Å²) >= 11 is 5.98. The molecule has 18 heavy (non-hydrogen) atoms. The molecule has 3 N–H and O–H groups in total. The molecule has 1 aromatic rings. The number of rotatable bonds is 3. The Balaban J connectivity index is 1.92. The summed E-state index contributed by atoms with van der Waals surface area (Å²) in [4.78, 5) is 12.0. The number of anilines is 1. The van der Waals surface area contributed by atoms with Gasteiger partial charge in [-0.25, -0.2) is 0 Å². The molecule has 1 amide bonds. The van der Waals surface area contributed by atoms with Crippen molar-refractivity contribution < 1.29 is 9.53 Å². The molecular formula is C13H17ClN2O2. The van der Waals surface area contributed by atoms with Crippen LogP contribution in [0.3, 0.4) is 0 Å². The summed E-state index contributed by atoms with van der Waals surface area (Å²) in [7, 11) is 0. The summed E-state index contributed by atoms with van der Waals surface area (Å²) in [5.74, 6) is 0.321. The van der Waals surface area contributed by atoms with Gasteiger partial charge in [0.1, 0.15) is 0 Å². The average Bonchev–Trinajstić information content (AvgIpc) is 2.40. The van der Waals surface area contributed by atoms with E-state index in [0.29, 0.717) is 28.7 Å². The number of ether oxygens (including phenoxy) is 1. The number of halogens is 1. The van der Waals surface area contributed by atoms with Crippen molar-refractivity contribution in [3.63, 3.8) is 0 Å². The van der Waals surface area contributed by atoms with Gasteiger partial charge in [-0.05, 0) is 37.0 Å². The van der Waals surface area contributed by atoms with Gasteiger partial charge in [0, 0.05) is 25.4 Å². The Kier molecular flexibility index (Phi) is 4.44. The molecule has 0 atom stereocenters. The van der Waals surface area contributed by atoms with Crippen molar-refractivity contribution in [2.45, 2.75) is 12.8 Å². The largest absolute Gasteiger partial charge is 0.399 e. The predicted octanol–water partition coefficient (Wildman–Crippen LogP) is 2.08. The van der Waals surface area contributed by atoms with Crippen molar-refractivity contribution in [2.75, 3.05) is 25.5 Å². The SMILES string of the molecule is Nc1ccc(Cl)c(C(=O)NCC2CCOCC2)c1. The van der Waals surface area contributed by atoms with Gasteiger partial charge in [0.05, 0.1) is 10.6 Å². The minimum absolute atomic E-state index is 0.168. The molecule has 1 aliphatic heterocycles. The highest BCUT2D eigenvalue weighted by Crippen LogP contribution is 2.19. The smallest absolute Gasteiger partial charge is 0.252 e. The van der Waals surface area contributed by atoms with Gasteiger partial charge in [-0.15, -0.1) is 0 Å². The molecule has 1 aliphatic rings. The van der Waals surface area contributed by atoms with Crippen LogP contribution in [0.25, 0.3) is 0 Å². The van der Waals surface area contributed by atoms with Crippen LogP contribution in [0.1, 0.15) is 23.2 Å². The van der Waals surface area contributed by atoms with Gasteiger partial charge in [-0.1, -0.05) is 11.6 Å². The van der Waals surface area contributed by atoms with Crippen molar-refractivity contribution in [1.82, 2.24) is 5.32 Å². The predicted molar refractivity (Wildman–Crippen MR) is 71.7 cm³/mol. The topological polar surface area (TPSA) is 64.4 Å². The maximum absolute atomic E-state index is 12.0. The number of nitrogens with two attached hydrogens (primary N) is 1. The van der Waals surface area contributed by atoms with E-state index in [9.17, 15) is 4.79 Å².